The van der Waals surface area contributed by atoms with E-state index in [9.17, 15) is 35.8 Å². The summed E-state index contributed by atoms with van der Waals surface area (Å²) in [6.07, 6.45) is -3.40. The first-order valence-corrected chi connectivity index (χ1v) is 13.5. The molecular weight excluding hydrogens is 545 g/mol. The lowest BCUT2D eigenvalue weighted by molar-refractivity contribution is -0.138. The van der Waals surface area contributed by atoms with Gasteiger partial charge in [-0.3, -0.25) is 9.59 Å². The number of alkyl halides is 5. The third-order valence-corrected chi connectivity index (χ3v) is 8.13. The zero-order chi connectivity index (χ0) is 28.6. The number of rotatable bonds is 5. The zero-order valence-corrected chi connectivity index (χ0v) is 21.9. The molecule has 2 amide bonds. The fraction of sp³-hybridized carbons (Fsp3) is 0.480. The van der Waals surface area contributed by atoms with Crippen molar-refractivity contribution in [2.75, 3.05) is 23.3 Å². The summed E-state index contributed by atoms with van der Waals surface area (Å²) in [6.45, 7) is 1.01. The molecule has 1 aliphatic carbocycles. The van der Waals surface area contributed by atoms with E-state index >= 15 is 0 Å². The van der Waals surface area contributed by atoms with E-state index in [1.807, 2.05) is 0 Å². The fourth-order valence-corrected chi connectivity index (χ4v) is 5.51. The van der Waals surface area contributed by atoms with Gasteiger partial charge in [0.05, 0.1) is 27.3 Å². The number of hydrogen-bond donors (Lipinski definition) is 3. The van der Waals surface area contributed by atoms with Crippen LogP contribution in [0, 0.1) is 6.92 Å². The Hall–Kier alpha value is -3.13. The van der Waals surface area contributed by atoms with Crippen molar-refractivity contribution in [3.63, 3.8) is 0 Å². The highest BCUT2D eigenvalue weighted by Gasteiger charge is 2.40. The quantitative estimate of drug-likeness (QED) is 0.352. The minimum Gasteiger partial charge on any atom is -0.356 e. The highest BCUT2D eigenvalue weighted by Crippen LogP contribution is 2.37. The van der Waals surface area contributed by atoms with E-state index in [0.717, 1.165) is 13.3 Å². The van der Waals surface area contributed by atoms with Gasteiger partial charge >= 0.3 is 6.18 Å². The Morgan fingerprint density at radius 2 is 1.85 bits per heavy atom. The number of amides is 2. The van der Waals surface area contributed by atoms with Crippen LogP contribution in [-0.4, -0.2) is 45.6 Å². The number of anilines is 2. The zero-order valence-electron chi connectivity index (χ0n) is 21.0. The van der Waals surface area contributed by atoms with Crippen LogP contribution in [0.4, 0.5) is 33.5 Å². The van der Waals surface area contributed by atoms with Crippen molar-refractivity contribution < 1.29 is 35.8 Å². The average molecular weight is 574 g/mol. The normalized spacial score (nSPS) is 19.6. The SMILES string of the molecule is Cc1c(C(F)(F)F)cnc(N2CCCC(F)(F)CC2)c1C(=O)Nc1cccc(/[SH](=O)=N/C(=O)C2(N)CCC2)c1. The molecule has 1 aliphatic heterocycles. The molecule has 1 atom stereocenters. The molecule has 4 rings (SSSR count). The number of halogens is 5. The average Bonchev–Trinajstić information content (AvgIpc) is 3.01. The smallest absolute Gasteiger partial charge is 0.356 e. The van der Waals surface area contributed by atoms with E-state index in [2.05, 4.69) is 14.7 Å². The number of thiol groups is 1. The number of pyridine rings is 1. The minimum absolute atomic E-state index is 0.0667. The summed E-state index contributed by atoms with van der Waals surface area (Å²) in [7, 11) is -2.55. The lowest BCUT2D eigenvalue weighted by Gasteiger charge is -2.33. The van der Waals surface area contributed by atoms with Crippen LogP contribution in [0.15, 0.2) is 39.7 Å². The number of nitrogens with two attached hydrogens (primary N) is 1. The summed E-state index contributed by atoms with van der Waals surface area (Å²) < 4.78 is 85.2. The summed E-state index contributed by atoms with van der Waals surface area (Å²) in [5.41, 5.74) is 2.95. The Balaban J connectivity index is 1.65. The summed E-state index contributed by atoms with van der Waals surface area (Å²) in [5.74, 6) is -4.69. The number of benzene rings is 1. The third-order valence-electron chi connectivity index (χ3n) is 7.05. The molecular formula is C25H28F5N5O3S. The molecule has 39 heavy (non-hydrogen) atoms. The predicted octanol–water partition coefficient (Wildman–Crippen LogP) is 4.72. The molecule has 0 spiro atoms. The maximum absolute atomic E-state index is 13.9. The Kier molecular flexibility index (Phi) is 7.99. The van der Waals surface area contributed by atoms with Crippen LogP contribution in [0.5, 0.6) is 0 Å². The van der Waals surface area contributed by atoms with E-state index in [4.69, 9.17) is 5.73 Å². The number of carbonyl (C=O) groups is 2. The monoisotopic (exact) mass is 573 g/mol. The van der Waals surface area contributed by atoms with Crippen molar-refractivity contribution >= 4 is 33.9 Å². The molecule has 2 aliphatic rings. The van der Waals surface area contributed by atoms with Gasteiger partial charge < -0.3 is 16.0 Å². The molecule has 2 aromatic rings. The van der Waals surface area contributed by atoms with E-state index in [1.165, 1.54) is 29.2 Å². The maximum Gasteiger partial charge on any atom is 0.418 e. The fourth-order valence-electron chi connectivity index (χ4n) is 4.57. The van der Waals surface area contributed by atoms with Crippen molar-refractivity contribution in [3.8, 4) is 0 Å². The Morgan fingerprint density at radius 1 is 1.13 bits per heavy atom. The largest absolute Gasteiger partial charge is 0.418 e. The first kappa shape index (κ1) is 28.9. The second-order valence-corrected chi connectivity index (χ2v) is 11.1. The lowest BCUT2D eigenvalue weighted by Crippen LogP contribution is -2.52. The minimum atomic E-state index is -4.80. The van der Waals surface area contributed by atoms with Gasteiger partial charge in [0.1, 0.15) is 5.82 Å². The second-order valence-electron chi connectivity index (χ2n) is 9.88. The van der Waals surface area contributed by atoms with Gasteiger partial charge in [0.15, 0.2) is 0 Å². The van der Waals surface area contributed by atoms with Crippen molar-refractivity contribution in [3.05, 3.63) is 47.2 Å². The van der Waals surface area contributed by atoms with E-state index in [0.29, 0.717) is 19.0 Å². The van der Waals surface area contributed by atoms with Crippen LogP contribution in [0.3, 0.4) is 0 Å². The molecule has 1 aromatic heterocycles. The predicted molar refractivity (Wildman–Crippen MR) is 135 cm³/mol. The third kappa shape index (κ3) is 6.38. The summed E-state index contributed by atoms with van der Waals surface area (Å²) >= 11 is 0. The molecule has 8 nitrogen and oxygen atoms in total. The Bertz CT molecular complexity index is 1370. The Labute approximate surface area is 223 Å². The highest BCUT2D eigenvalue weighted by atomic mass is 32.2. The number of carbonyl (C=O) groups excluding carboxylic acids is 2. The molecule has 3 N–H and O–H groups in total. The van der Waals surface area contributed by atoms with E-state index < -0.39 is 63.2 Å². The highest BCUT2D eigenvalue weighted by molar-refractivity contribution is 7.75. The van der Waals surface area contributed by atoms with Crippen molar-refractivity contribution in [1.29, 1.82) is 0 Å². The summed E-state index contributed by atoms with van der Waals surface area (Å²) in [4.78, 5) is 31.0. The molecule has 14 heteroatoms. The standard InChI is InChI=1S/C25H28F5N5O3S/c1-15-18(25(28,29)30)14-32-20(35-11-4-9-24(26,27)10-12-35)19(15)21(36)33-16-5-2-6-17(13-16)39(38)34-22(37)23(31)7-3-8-23/h2,5-6,13-14,39H,3-4,7-12,31H2,1H3,(H,33,36). The second kappa shape index (κ2) is 10.8. The van der Waals surface area contributed by atoms with E-state index in [1.54, 1.807) is 0 Å². The molecule has 2 fully saturated rings. The van der Waals surface area contributed by atoms with Gasteiger partial charge in [0.2, 0.25) is 5.92 Å². The maximum atomic E-state index is 13.9. The van der Waals surface area contributed by atoms with Crippen LogP contribution in [-0.2, 0) is 21.6 Å². The number of hydrogen-bond acceptors (Lipinski definition) is 6. The molecule has 212 valence electrons. The Morgan fingerprint density at radius 3 is 2.49 bits per heavy atom. The van der Waals surface area contributed by atoms with Crippen molar-refractivity contribution in [1.82, 2.24) is 4.98 Å². The van der Waals surface area contributed by atoms with Crippen LogP contribution >= 0.6 is 0 Å². The van der Waals surface area contributed by atoms with Gasteiger partial charge in [-0.05, 0) is 56.4 Å². The van der Waals surface area contributed by atoms with Crippen molar-refractivity contribution in [2.24, 2.45) is 10.1 Å². The van der Waals surface area contributed by atoms with Crippen LogP contribution in [0.1, 0.15) is 60.0 Å². The van der Waals surface area contributed by atoms with Gasteiger partial charge in [0.25, 0.3) is 11.8 Å². The molecule has 2 heterocycles. The molecule has 1 unspecified atom stereocenters. The summed E-state index contributed by atoms with van der Waals surface area (Å²) in [5, 5.41) is 2.49. The van der Waals surface area contributed by atoms with Crippen LogP contribution in [0.2, 0.25) is 0 Å². The molecule has 0 bridgehead atoms. The molecule has 1 saturated heterocycles. The van der Waals surface area contributed by atoms with Crippen molar-refractivity contribution in [2.45, 2.75) is 68.0 Å². The molecule has 0 radical (unpaired) electrons. The van der Waals surface area contributed by atoms with Gasteiger partial charge in [-0.2, -0.15) is 17.5 Å². The number of aromatic nitrogens is 1. The first-order valence-electron chi connectivity index (χ1n) is 12.3. The number of nitrogens with zero attached hydrogens (tertiary/aromatic N) is 3. The van der Waals surface area contributed by atoms with Gasteiger partial charge in [-0.1, -0.05) is 6.07 Å². The number of nitrogens with one attached hydrogen (secondary N) is 1. The summed E-state index contributed by atoms with van der Waals surface area (Å²) in [6, 6.07) is 5.58. The van der Waals surface area contributed by atoms with E-state index in [-0.39, 0.29) is 42.3 Å². The molecule has 1 aromatic carbocycles. The van der Waals surface area contributed by atoms with Gasteiger partial charge in [-0.15, -0.1) is 0 Å². The van der Waals surface area contributed by atoms with Gasteiger partial charge in [0, 0.05) is 42.7 Å². The van der Waals surface area contributed by atoms with Crippen LogP contribution < -0.4 is 16.0 Å². The first-order chi connectivity index (χ1) is 18.2. The topological polar surface area (TPSA) is 118 Å². The lowest BCUT2D eigenvalue weighted by atomic mass is 9.77. The van der Waals surface area contributed by atoms with Crippen LogP contribution in [0.25, 0.3) is 0 Å². The van der Waals surface area contributed by atoms with Gasteiger partial charge in [-0.25, -0.2) is 18.0 Å². The molecule has 1 saturated carbocycles.